The molecule has 0 bridgehead atoms. The lowest BCUT2D eigenvalue weighted by molar-refractivity contribution is 0.101. The Morgan fingerprint density at radius 1 is 1.64 bits per heavy atom. The van der Waals surface area contributed by atoms with E-state index in [1.54, 1.807) is 19.1 Å². The van der Waals surface area contributed by atoms with Crippen LogP contribution < -0.4 is 4.74 Å². The maximum atomic E-state index is 11.1. The van der Waals surface area contributed by atoms with E-state index < -0.39 is 0 Å². The average Bonchev–Trinajstić information content (AvgIpc) is 2.99. The third kappa shape index (κ3) is 2.33. The zero-order valence-corrected chi connectivity index (χ0v) is 8.03. The number of hydrogen-bond acceptors (Lipinski definition) is 3. The SMILES string of the molecule is CC(=O)c1cccc(OC[C@H]2CO2)c1. The van der Waals surface area contributed by atoms with Crippen LogP contribution in [0.15, 0.2) is 24.3 Å². The first-order valence-electron chi connectivity index (χ1n) is 4.61. The van der Waals surface area contributed by atoms with Crippen LogP contribution in [0.5, 0.6) is 5.75 Å². The summed E-state index contributed by atoms with van der Waals surface area (Å²) in [7, 11) is 0. The molecule has 1 atom stereocenters. The normalized spacial score (nSPS) is 19.1. The quantitative estimate of drug-likeness (QED) is 0.538. The lowest BCUT2D eigenvalue weighted by Crippen LogP contribution is -2.04. The molecule has 0 aromatic heterocycles. The Balaban J connectivity index is 2.01. The summed E-state index contributed by atoms with van der Waals surface area (Å²) in [5.74, 6) is 0.784. The van der Waals surface area contributed by atoms with Gasteiger partial charge in [-0.05, 0) is 19.1 Å². The minimum absolute atomic E-state index is 0.0538. The van der Waals surface area contributed by atoms with Crippen molar-refractivity contribution in [3.8, 4) is 5.75 Å². The van der Waals surface area contributed by atoms with E-state index in [0.717, 1.165) is 12.4 Å². The average molecular weight is 192 g/mol. The molecule has 1 aromatic carbocycles. The van der Waals surface area contributed by atoms with Crippen molar-refractivity contribution in [2.75, 3.05) is 13.2 Å². The van der Waals surface area contributed by atoms with Gasteiger partial charge < -0.3 is 9.47 Å². The van der Waals surface area contributed by atoms with E-state index in [9.17, 15) is 4.79 Å². The molecule has 74 valence electrons. The van der Waals surface area contributed by atoms with Gasteiger partial charge in [0.1, 0.15) is 18.5 Å². The maximum absolute atomic E-state index is 11.1. The van der Waals surface area contributed by atoms with Gasteiger partial charge in [-0.25, -0.2) is 0 Å². The first kappa shape index (κ1) is 9.21. The number of ketones is 1. The minimum atomic E-state index is 0.0538. The Kier molecular flexibility index (Phi) is 2.50. The molecule has 1 saturated heterocycles. The molecule has 1 aliphatic rings. The standard InChI is InChI=1S/C11H12O3/c1-8(12)9-3-2-4-10(5-9)13-6-11-7-14-11/h2-5,11H,6-7H2,1H3/t11-/m0/s1. The fourth-order valence-electron chi connectivity index (χ4n) is 1.16. The zero-order chi connectivity index (χ0) is 9.97. The first-order valence-corrected chi connectivity index (χ1v) is 4.61. The molecule has 1 fully saturated rings. The highest BCUT2D eigenvalue weighted by Gasteiger charge is 2.23. The van der Waals surface area contributed by atoms with E-state index in [2.05, 4.69) is 0 Å². The van der Waals surface area contributed by atoms with Crippen LogP contribution in [0.25, 0.3) is 0 Å². The van der Waals surface area contributed by atoms with Gasteiger partial charge in [-0.1, -0.05) is 12.1 Å². The number of carbonyl (C=O) groups excluding carboxylic acids is 1. The molecule has 14 heavy (non-hydrogen) atoms. The molecule has 0 spiro atoms. The molecule has 2 rings (SSSR count). The summed E-state index contributed by atoms with van der Waals surface area (Å²) in [6.07, 6.45) is 0.246. The van der Waals surface area contributed by atoms with Crippen molar-refractivity contribution in [1.82, 2.24) is 0 Å². The summed E-state index contributed by atoms with van der Waals surface area (Å²) in [4.78, 5) is 11.1. The topological polar surface area (TPSA) is 38.8 Å². The summed E-state index contributed by atoms with van der Waals surface area (Å²) >= 11 is 0. The Bertz CT molecular complexity index is 342. The molecule has 1 aliphatic heterocycles. The predicted molar refractivity (Wildman–Crippen MR) is 51.7 cm³/mol. The van der Waals surface area contributed by atoms with Gasteiger partial charge in [0, 0.05) is 5.56 Å². The second kappa shape index (κ2) is 3.80. The highest BCUT2D eigenvalue weighted by molar-refractivity contribution is 5.94. The number of epoxide rings is 1. The first-order chi connectivity index (χ1) is 6.75. The van der Waals surface area contributed by atoms with Crippen LogP contribution in [-0.4, -0.2) is 25.1 Å². The van der Waals surface area contributed by atoms with Gasteiger partial charge in [-0.2, -0.15) is 0 Å². The molecule has 3 nitrogen and oxygen atoms in total. The molecule has 0 aliphatic carbocycles. The van der Waals surface area contributed by atoms with Gasteiger partial charge in [0.15, 0.2) is 5.78 Å². The van der Waals surface area contributed by atoms with Crippen LogP contribution in [0.2, 0.25) is 0 Å². The molecule has 1 heterocycles. The lowest BCUT2D eigenvalue weighted by Gasteiger charge is -2.04. The molecule has 0 amide bonds. The molecular weight excluding hydrogens is 180 g/mol. The highest BCUT2D eigenvalue weighted by Crippen LogP contribution is 2.16. The van der Waals surface area contributed by atoms with Gasteiger partial charge in [0.2, 0.25) is 0 Å². The van der Waals surface area contributed by atoms with Crippen molar-refractivity contribution in [2.24, 2.45) is 0 Å². The second-order valence-electron chi connectivity index (χ2n) is 3.35. The molecule has 3 heteroatoms. The number of carbonyl (C=O) groups is 1. The van der Waals surface area contributed by atoms with Crippen molar-refractivity contribution in [2.45, 2.75) is 13.0 Å². The van der Waals surface area contributed by atoms with Crippen molar-refractivity contribution in [1.29, 1.82) is 0 Å². The lowest BCUT2D eigenvalue weighted by atomic mass is 10.1. The number of Topliss-reactive ketones (excluding diaryl/α,β-unsaturated/α-hetero) is 1. The summed E-state index contributed by atoms with van der Waals surface area (Å²) < 4.78 is 10.5. The van der Waals surface area contributed by atoms with Crippen molar-refractivity contribution in [3.63, 3.8) is 0 Å². The Labute approximate surface area is 82.6 Å². The number of rotatable bonds is 4. The Hall–Kier alpha value is -1.35. The Morgan fingerprint density at radius 2 is 2.43 bits per heavy atom. The second-order valence-corrected chi connectivity index (χ2v) is 3.35. The summed E-state index contributed by atoms with van der Waals surface area (Å²) in [5, 5.41) is 0. The van der Waals surface area contributed by atoms with Crippen molar-refractivity contribution in [3.05, 3.63) is 29.8 Å². The largest absolute Gasteiger partial charge is 0.491 e. The van der Waals surface area contributed by atoms with Crippen LogP contribution >= 0.6 is 0 Å². The predicted octanol–water partition coefficient (Wildman–Crippen LogP) is 1.67. The fourth-order valence-corrected chi connectivity index (χ4v) is 1.16. The minimum Gasteiger partial charge on any atom is -0.491 e. The molecule has 0 N–H and O–H groups in total. The van der Waals surface area contributed by atoms with E-state index in [1.165, 1.54) is 0 Å². The van der Waals surface area contributed by atoms with Crippen LogP contribution in [0.4, 0.5) is 0 Å². The fraction of sp³-hybridized carbons (Fsp3) is 0.364. The van der Waals surface area contributed by atoms with E-state index in [4.69, 9.17) is 9.47 Å². The van der Waals surface area contributed by atoms with E-state index >= 15 is 0 Å². The van der Waals surface area contributed by atoms with Crippen molar-refractivity contribution >= 4 is 5.78 Å². The van der Waals surface area contributed by atoms with Crippen molar-refractivity contribution < 1.29 is 14.3 Å². The smallest absolute Gasteiger partial charge is 0.159 e. The Morgan fingerprint density at radius 3 is 3.07 bits per heavy atom. The molecule has 1 aromatic rings. The third-order valence-corrected chi connectivity index (χ3v) is 2.08. The molecule has 0 radical (unpaired) electrons. The number of benzene rings is 1. The van der Waals surface area contributed by atoms with E-state index in [1.807, 2.05) is 12.1 Å². The molecule has 0 unspecified atom stereocenters. The summed E-state index contributed by atoms with van der Waals surface area (Å²) in [5.41, 5.74) is 0.680. The van der Waals surface area contributed by atoms with Crippen LogP contribution in [0.3, 0.4) is 0 Å². The maximum Gasteiger partial charge on any atom is 0.159 e. The summed E-state index contributed by atoms with van der Waals surface area (Å²) in [6.45, 7) is 2.90. The van der Waals surface area contributed by atoms with Crippen LogP contribution in [-0.2, 0) is 4.74 Å². The summed E-state index contributed by atoms with van der Waals surface area (Å²) in [6, 6.07) is 7.20. The zero-order valence-electron chi connectivity index (χ0n) is 8.03. The monoisotopic (exact) mass is 192 g/mol. The van der Waals surface area contributed by atoms with Gasteiger partial charge in [0.05, 0.1) is 6.61 Å². The van der Waals surface area contributed by atoms with Gasteiger partial charge in [0.25, 0.3) is 0 Å². The van der Waals surface area contributed by atoms with E-state index in [-0.39, 0.29) is 11.9 Å². The van der Waals surface area contributed by atoms with Crippen LogP contribution in [0.1, 0.15) is 17.3 Å². The number of ether oxygens (including phenoxy) is 2. The number of hydrogen-bond donors (Lipinski definition) is 0. The highest BCUT2D eigenvalue weighted by atomic mass is 16.6. The van der Waals surface area contributed by atoms with E-state index in [0.29, 0.717) is 12.2 Å². The van der Waals surface area contributed by atoms with Gasteiger partial charge in [-0.15, -0.1) is 0 Å². The van der Waals surface area contributed by atoms with Gasteiger partial charge >= 0.3 is 0 Å². The van der Waals surface area contributed by atoms with Crippen LogP contribution in [0, 0.1) is 0 Å². The molecular formula is C11H12O3. The third-order valence-electron chi connectivity index (χ3n) is 2.08. The molecule has 0 saturated carbocycles. The van der Waals surface area contributed by atoms with Gasteiger partial charge in [-0.3, -0.25) is 4.79 Å².